The van der Waals surface area contributed by atoms with Crippen molar-refractivity contribution in [2.75, 3.05) is 13.6 Å². The first-order chi connectivity index (χ1) is 11.2. The number of carbonyl (C=O) groups is 2. The van der Waals surface area contributed by atoms with Crippen molar-refractivity contribution in [3.63, 3.8) is 0 Å². The molecule has 1 aromatic rings. The average Bonchev–Trinajstić information content (AvgIpc) is 2.53. The smallest absolute Gasteiger partial charge is 0.295 e. The molecule has 0 spiro atoms. The number of amides is 1. The van der Waals surface area contributed by atoms with Crippen LogP contribution >= 0.6 is 0 Å². The first-order valence-corrected chi connectivity index (χ1v) is 8.12. The van der Waals surface area contributed by atoms with Gasteiger partial charge in [0.05, 0.1) is 5.69 Å². The minimum atomic E-state index is -0.521. The van der Waals surface area contributed by atoms with Gasteiger partial charge in [-0.05, 0) is 45.0 Å². The second kappa shape index (κ2) is 11.6. The van der Waals surface area contributed by atoms with Gasteiger partial charge < -0.3 is 15.0 Å². The third-order valence-electron chi connectivity index (χ3n) is 3.43. The molecule has 1 unspecified atom stereocenters. The Labute approximate surface area is 138 Å². The number of aromatic nitrogens is 1. The van der Waals surface area contributed by atoms with Crippen molar-refractivity contribution >= 4 is 12.4 Å². The van der Waals surface area contributed by atoms with E-state index in [1.54, 1.807) is 6.20 Å². The van der Waals surface area contributed by atoms with Crippen LogP contribution in [0.5, 0.6) is 0 Å². The SMILES string of the molecule is CCCC(=O)NC(CCCCN(C)Cc1ccccn1)OC=O. The van der Waals surface area contributed by atoms with Crippen LogP contribution in [-0.2, 0) is 20.9 Å². The molecule has 1 atom stereocenters. The van der Waals surface area contributed by atoms with Crippen LogP contribution in [0.2, 0.25) is 0 Å². The highest BCUT2D eigenvalue weighted by molar-refractivity contribution is 5.76. The number of ether oxygens (including phenoxy) is 1. The van der Waals surface area contributed by atoms with E-state index in [2.05, 4.69) is 22.2 Å². The molecule has 128 valence electrons. The molecule has 6 heteroatoms. The normalized spacial score (nSPS) is 12.0. The summed E-state index contributed by atoms with van der Waals surface area (Å²) < 4.78 is 4.93. The molecule has 23 heavy (non-hydrogen) atoms. The largest absolute Gasteiger partial charge is 0.444 e. The van der Waals surface area contributed by atoms with Gasteiger partial charge in [-0.25, -0.2) is 0 Å². The summed E-state index contributed by atoms with van der Waals surface area (Å²) >= 11 is 0. The highest BCUT2D eigenvalue weighted by atomic mass is 16.5. The van der Waals surface area contributed by atoms with E-state index in [1.807, 2.05) is 25.1 Å². The van der Waals surface area contributed by atoms with Crippen molar-refractivity contribution in [3.8, 4) is 0 Å². The molecule has 0 aliphatic heterocycles. The lowest BCUT2D eigenvalue weighted by Crippen LogP contribution is -2.36. The van der Waals surface area contributed by atoms with E-state index < -0.39 is 6.23 Å². The molecule has 0 fully saturated rings. The van der Waals surface area contributed by atoms with Gasteiger partial charge in [0.2, 0.25) is 5.91 Å². The topological polar surface area (TPSA) is 71.5 Å². The quantitative estimate of drug-likeness (QED) is 0.363. The van der Waals surface area contributed by atoms with Crippen molar-refractivity contribution in [1.29, 1.82) is 0 Å². The first kappa shape index (κ1) is 19.1. The molecule has 0 saturated heterocycles. The Balaban J connectivity index is 2.22. The molecule has 1 amide bonds. The number of hydrogen-bond acceptors (Lipinski definition) is 5. The van der Waals surface area contributed by atoms with Gasteiger partial charge in [-0.3, -0.25) is 14.6 Å². The van der Waals surface area contributed by atoms with Gasteiger partial charge in [0, 0.05) is 25.6 Å². The predicted octanol–water partition coefficient (Wildman–Crippen LogP) is 2.10. The van der Waals surface area contributed by atoms with Crippen LogP contribution in [0.15, 0.2) is 24.4 Å². The van der Waals surface area contributed by atoms with Crippen molar-refractivity contribution in [3.05, 3.63) is 30.1 Å². The van der Waals surface area contributed by atoms with E-state index in [-0.39, 0.29) is 5.91 Å². The van der Waals surface area contributed by atoms with Gasteiger partial charge in [0.25, 0.3) is 6.47 Å². The maximum absolute atomic E-state index is 11.6. The predicted molar refractivity (Wildman–Crippen MR) is 88.4 cm³/mol. The number of nitrogens with zero attached hydrogens (tertiary/aromatic N) is 2. The lowest BCUT2D eigenvalue weighted by Gasteiger charge is -2.18. The Bertz CT molecular complexity index is 454. The van der Waals surface area contributed by atoms with Crippen molar-refractivity contribution in [2.45, 2.75) is 51.8 Å². The van der Waals surface area contributed by atoms with Crippen LogP contribution in [0.25, 0.3) is 0 Å². The van der Waals surface area contributed by atoms with Gasteiger partial charge >= 0.3 is 0 Å². The standard InChI is InChI=1S/C17H27N3O3/c1-3-8-16(22)19-17(23-14-21)10-5-7-12-20(2)13-15-9-4-6-11-18-15/h4,6,9,11,14,17H,3,5,7-8,10,12-13H2,1-2H3,(H,19,22). The van der Waals surface area contributed by atoms with Crippen LogP contribution in [0.4, 0.5) is 0 Å². The van der Waals surface area contributed by atoms with Crippen LogP contribution in [0.3, 0.4) is 0 Å². The summed E-state index contributed by atoms with van der Waals surface area (Å²) in [6, 6.07) is 5.90. The zero-order chi connectivity index (χ0) is 16.9. The fourth-order valence-electron chi connectivity index (χ4n) is 2.28. The second-order valence-corrected chi connectivity index (χ2v) is 5.59. The van der Waals surface area contributed by atoms with Gasteiger partial charge in [-0.1, -0.05) is 13.0 Å². The summed E-state index contributed by atoms with van der Waals surface area (Å²) in [4.78, 5) is 28.6. The highest BCUT2D eigenvalue weighted by Crippen LogP contribution is 2.06. The number of nitrogens with one attached hydrogen (secondary N) is 1. The average molecular weight is 321 g/mol. The summed E-state index contributed by atoms with van der Waals surface area (Å²) in [5.41, 5.74) is 1.05. The fourth-order valence-corrected chi connectivity index (χ4v) is 2.28. The molecule has 0 saturated carbocycles. The van der Waals surface area contributed by atoms with Gasteiger partial charge in [-0.2, -0.15) is 0 Å². The number of unbranched alkanes of at least 4 members (excludes halogenated alkanes) is 1. The third kappa shape index (κ3) is 8.93. The fraction of sp³-hybridized carbons (Fsp3) is 0.588. The first-order valence-electron chi connectivity index (χ1n) is 8.12. The maximum atomic E-state index is 11.6. The Morgan fingerprint density at radius 3 is 2.91 bits per heavy atom. The lowest BCUT2D eigenvalue weighted by atomic mass is 10.2. The molecule has 1 heterocycles. The molecule has 1 aromatic heterocycles. The molecular weight excluding hydrogens is 294 g/mol. The van der Waals surface area contributed by atoms with E-state index >= 15 is 0 Å². The highest BCUT2D eigenvalue weighted by Gasteiger charge is 2.12. The summed E-state index contributed by atoms with van der Waals surface area (Å²) in [7, 11) is 2.05. The van der Waals surface area contributed by atoms with Crippen LogP contribution < -0.4 is 5.32 Å². The third-order valence-corrected chi connectivity index (χ3v) is 3.43. The molecule has 6 nitrogen and oxygen atoms in total. The van der Waals surface area contributed by atoms with Gasteiger partial charge in [0.1, 0.15) is 0 Å². The van der Waals surface area contributed by atoms with Crippen molar-refractivity contribution < 1.29 is 14.3 Å². The maximum Gasteiger partial charge on any atom is 0.295 e. The Hall–Kier alpha value is -1.95. The summed E-state index contributed by atoms with van der Waals surface area (Å²) in [6.45, 7) is 4.06. The van der Waals surface area contributed by atoms with Crippen molar-refractivity contribution in [1.82, 2.24) is 15.2 Å². The molecule has 0 radical (unpaired) electrons. The molecule has 1 N–H and O–H groups in total. The zero-order valence-electron chi connectivity index (χ0n) is 14.0. The number of pyridine rings is 1. The van der Waals surface area contributed by atoms with Crippen molar-refractivity contribution in [2.24, 2.45) is 0 Å². The minimum Gasteiger partial charge on any atom is -0.444 e. The summed E-state index contributed by atoms with van der Waals surface area (Å²) in [6.07, 6.45) is 4.97. The Morgan fingerprint density at radius 1 is 1.43 bits per heavy atom. The minimum absolute atomic E-state index is 0.0772. The van der Waals surface area contributed by atoms with E-state index in [1.165, 1.54) is 0 Å². The molecule has 0 aliphatic carbocycles. The van der Waals surface area contributed by atoms with Gasteiger partial charge in [-0.15, -0.1) is 0 Å². The van der Waals surface area contributed by atoms with E-state index in [0.29, 0.717) is 19.3 Å². The summed E-state index contributed by atoms with van der Waals surface area (Å²) in [5.74, 6) is -0.0772. The monoisotopic (exact) mass is 321 g/mol. The number of hydrogen-bond donors (Lipinski definition) is 1. The van der Waals surface area contributed by atoms with E-state index in [9.17, 15) is 9.59 Å². The molecule has 0 aromatic carbocycles. The number of rotatable bonds is 12. The lowest BCUT2D eigenvalue weighted by molar-refractivity contribution is -0.138. The molecular formula is C17H27N3O3. The van der Waals surface area contributed by atoms with Crippen LogP contribution in [-0.4, -0.2) is 42.1 Å². The van der Waals surface area contributed by atoms with E-state index in [4.69, 9.17) is 4.74 Å². The van der Waals surface area contributed by atoms with Crippen LogP contribution in [0.1, 0.15) is 44.7 Å². The Morgan fingerprint density at radius 2 is 2.26 bits per heavy atom. The molecule has 0 aliphatic rings. The zero-order valence-corrected chi connectivity index (χ0v) is 14.0. The molecule has 0 bridgehead atoms. The Kier molecular flexibility index (Phi) is 9.63. The van der Waals surface area contributed by atoms with E-state index in [0.717, 1.165) is 38.0 Å². The summed E-state index contributed by atoms with van der Waals surface area (Å²) in [5, 5.41) is 2.73. The molecule has 1 rings (SSSR count). The second-order valence-electron chi connectivity index (χ2n) is 5.59. The van der Waals surface area contributed by atoms with Gasteiger partial charge in [0.15, 0.2) is 6.23 Å². The van der Waals surface area contributed by atoms with Crippen LogP contribution in [0, 0.1) is 0 Å². The number of carbonyl (C=O) groups excluding carboxylic acids is 2.